The van der Waals surface area contributed by atoms with E-state index in [4.69, 9.17) is 12.2 Å². The van der Waals surface area contributed by atoms with Gasteiger partial charge in [-0.1, -0.05) is 42.0 Å². The molecular formula is C24H22N6OS2. The van der Waals surface area contributed by atoms with E-state index in [0.717, 1.165) is 44.8 Å². The third kappa shape index (κ3) is 4.24. The number of anilines is 1. The number of carbonyl (C=O) groups is 1. The van der Waals surface area contributed by atoms with E-state index < -0.39 is 0 Å². The van der Waals surface area contributed by atoms with Crippen LogP contribution in [-0.4, -0.2) is 30.6 Å². The lowest BCUT2D eigenvalue weighted by atomic mass is 10.1. The lowest BCUT2D eigenvalue weighted by Crippen LogP contribution is -2.15. The second kappa shape index (κ2) is 8.76. The van der Waals surface area contributed by atoms with Gasteiger partial charge in [-0.2, -0.15) is 5.10 Å². The second-order valence-electron chi connectivity index (χ2n) is 7.88. The molecule has 33 heavy (non-hydrogen) atoms. The number of H-pyrrole nitrogens is 2. The summed E-state index contributed by atoms with van der Waals surface area (Å²) in [6, 6.07) is 16.2. The number of benzene rings is 2. The molecule has 7 nitrogen and oxygen atoms in total. The number of fused-ring (bicyclic) bond motifs is 1. The third-order valence-electron chi connectivity index (χ3n) is 5.50. The van der Waals surface area contributed by atoms with E-state index in [0.29, 0.717) is 16.4 Å². The first-order valence-electron chi connectivity index (χ1n) is 10.5. The van der Waals surface area contributed by atoms with Crippen molar-refractivity contribution < 1.29 is 4.79 Å². The Morgan fingerprint density at radius 1 is 1.18 bits per heavy atom. The number of amides is 1. The molecule has 0 aliphatic carbocycles. The van der Waals surface area contributed by atoms with Crippen molar-refractivity contribution in [2.24, 2.45) is 0 Å². The van der Waals surface area contributed by atoms with Gasteiger partial charge >= 0.3 is 0 Å². The maximum absolute atomic E-state index is 12.7. The van der Waals surface area contributed by atoms with Gasteiger partial charge in [0.1, 0.15) is 0 Å². The van der Waals surface area contributed by atoms with E-state index in [1.807, 2.05) is 66.3 Å². The molecular weight excluding hydrogens is 452 g/mol. The Hall–Kier alpha value is -3.56. The van der Waals surface area contributed by atoms with Crippen molar-refractivity contribution in [1.82, 2.24) is 24.7 Å². The van der Waals surface area contributed by atoms with Crippen molar-refractivity contribution >= 4 is 45.5 Å². The Bertz CT molecular complexity index is 1520. The first-order valence-corrected chi connectivity index (χ1v) is 11.8. The highest BCUT2D eigenvalue weighted by molar-refractivity contribution is 7.71. The molecule has 0 saturated carbocycles. The van der Waals surface area contributed by atoms with Crippen LogP contribution < -0.4 is 5.32 Å². The summed E-state index contributed by atoms with van der Waals surface area (Å²) in [6.45, 7) is 4.49. The van der Waals surface area contributed by atoms with Crippen LogP contribution in [0.25, 0.3) is 33.5 Å². The van der Waals surface area contributed by atoms with Crippen molar-refractivity contribution in [2.75, 3.05) is 5.32 Å². The monoisotopic (exact) mass is 474 g/mol. The van der Waals surface area contributed by atoms with E-state index in [-0.39, 0.29) is 12.3 Å². The van der Waals surface area contributed by atoms with Crippen molar-refractivity contribution in [1.29, 1.82) is 0 Å². The van der Waals surface area contributed by atoms with Crippen LogP contribution in [0.15, 0.2) is 53.9 Å². The molecule has 9 heteroatoms. The zero-order valence-corrected chi connectivity index (χ0v) is 19.8. The lowest BCUT2D eigenvalue weighted by Gasteiger charge is -2.07. The average Bonchev–Trinajstić information content (AvgIpc) is 3.48. The molecule has 3 heterocycles. The predicted octanol–water partition coefficient (Wildman–Crippen LogP) is 5.86. The fraction of sp³-hybridized carbons (Fsp3) is 0.167. The standard InChI is InChI=1S/C24H22N6OS2/c1-14-6-5-7-16(12-14)22-28-29-24(32)30(22)11-10-20(31)27-23-26-19(13-33-23)21-15(2)25-18-9-4-3-8-17(18)21/h3-9,12-13,25H,10-11H2,1-2H3,(H,29,32)(H,26,27,31). The summed E-state index contributed by atoms with van der Waals surface area (Å²) >= 11 is 6.81. The molecule has 0 aliphatic heterocycles. The molecule has 2 aromatic carbocycles. The fourth-order valence-electron chi connectivity index (χ4n) is 3.98. The lowest BCUT2D eigenvalue weighted by molar-refractivity contribution is -0.116. The molecule has 166 valence electrons. The number of carbonyl (C=O) groups excluding carboxylic acids is 1. The molecule has 0 aliphatic rings. The van der Waals surface area contributed by atoms with Crippen LogP contribution in [0.4, 0.5) is 5.13 Å². The number of nitrogens with one attached hydrogen (secondary N) is 3. The highest BCUT2D eigenvalue weighted by Crippen LogP contribution is 2.33. The van der Waals surface area contributed by atoms with Gasteiger partial charge in [0.2, 0.25) is 5.91 Å². The maximum atomic E-state index is 12.7. The Morgan fingerprint density at radius 3 is 2.88 bits per heavy atom. The number of aromatic amines is 2. The van der Waals surface area contributed by atoms with Crippen LogP contribution >= 0.6 is 23.6 Å². The normalized spacial score (nSPS) is 11.2. The number of aryl methyl sites for hydroxylation is 2. The van der Waals surface area contributed by atoms with Gasteiger partial charge < -0.3 is 10.3 Å². The van der Waals surface area contributed by atoms with Crippen molar-refractivity contribution in [3.63, 3.8) is 0 Å². The minimum atomic E-state index is -0.121. The van der Waals surface area contributed by atoms with Gasteiger partial charge in [0.05, 0.1) is 5.69 Å². The fourth-order valence-corrected chi connectivity index (χ4v) is 4.92. The molecule has 0 radical (unpaired) electrons. The SMILES string of the molecule is Cc1cccc(-c2n[nH]c(=S)n2CCC(=O)Nc2nc(-c3c(C)[nH]c4ccccc34)cs2)c1. The topological polar surface area (TPSA) is 91.4 Å². The number of aromatic nitrogens is 5. The molecule has 0 fully saturated rings. The number of rotatable bonds is 6. The summed E-state index contributed by atoms with van der Waals surface area (Å²) in [5.41, 5.74) is 6.14. The highest BCUT2D eigenvalue weighted by atomic mass is 32.1. The van der Waals surface area contributed by atoms with E-state index in [1.54, 1.807) is 0 Å². The van der Waals surface area contributed by atoms with Crippen LogP contribution in [0.5, 0.6) is 0 Å². The maximum Gasteiger partial charge on any atom is 0.227 e. The molecule has 0 bridgehead atoms. The average molecular weight is 475 g/mol. The first kappa shape index (κ1) is 21.3. The number of hydrogen-bond donors (Lipinski definition) is 3. The van der Waals surface area contributed by atoms with E-state index in [2.05, 4.69) is 31.5 Å². The summed E-state index contributed by atoms with van der Waals surface area (Å²) in [6.07, 6.45) is 0.258. The number of thiazole rings is 1. The minimum Gasteiger partial charge on any atom is -0.358 e. The van der Waals surface area contributed by atoms with Crippen LogP contribution in [0, 0.1) is 18.6 Å². The zero-order valence-electron chi connectivity index (χ0n) is 18.2. The Kier molecular flexibility index (Phi) is 5.65. The van der Waals surface area contributed by atoms with Crippen molar-refractivity contribution in [3.8, 4) is 22.6 Å². The van der Waals surface area contributed by atoms with Gasteiger partial charge in [-0.05, 0) is 38.2 Å². The van der Waals surface area contributed by atoms with Gasteiger partial charge in [-0.15, -0.1) is 11.3 Å². The molecule has 0 atom stereocenters. The molecule has 0 saturated heterocycles. The molecule has 0 unspecified atom stereocenters. The summed E-state index contributed by atoms with van der Waals surface area (Å²) in [5.74, 6) is 0.604. The number of para-hydroxylation sites is 1. The highest BCUT2D eigenvalue weighted by Gasteiger charge is 2.15. The summed E-state index contributed by atoms with van der Waals surface area (Å²) in [7, 11) is 0. The van der Waals surface area contributed by atoms with Crippen molar-refractivity contribution in [2.45, 2.75) is 26.8 Å². The van der Waals surface area contributed by atoms with E-state index in [9.17, 15) is 4.79 Å². The molecule has 1 amide bonds. The van der Waals surface area contributed by atoms with E-state index in [1.165, 1.54) is 11.3 Å². The van der Waals surface area contributed by atoms with E-state index >= 15 is 0 Å². The zero-order chi connectivity index (χ0) is 22.9. The van der Waals surface area contributed by atoms with Gasteiger partial charge in [-0.3, -0.25) is 14.5 Å². The quantitative estimate of drug-likeness (QED) is 0.269. The van der Waals surface area contributed by atoms with Crippen LogP contribution in [-0.2, 0) is 11.3 Å². The summed E-state index contributed by atoms with van der Waals surface area (Å²) in [5, 5.41) is 13.8. The molecule has 3 aromatic heterocycles. The first-order chi connectivity index (χ1) is 16.0. The summed E-state index contributed by atoms with van der Waals surface area (Å²) < 4.78 is 2.34. The molecule has 5 aromatic rings. The number of nitrogens with zero attached hydrogens (tertiary/aromatic N) is 3. The van der Waals surface area contributed by atoms with Gasteiger partial charge in [-0.25, -0.2) is 4.98 Å². The van der Waals surface area contributed by atoms with Gasteiger partial charge in [0.15, 0.2) is 15.7 Å². The largest absolute Gasteiger partial charge is 0.358 e. The predicted molar refractivity (Wildman–Crippen MR) is 135 cm³/mol. The molecule has 0 spiro atoms. The molecule has 5 rings (SSSR count). The Labute approximate surface area is 199 Å². The smallest absolute Gasteiger partial charge is 0.227 e. The van der Waals surface area contributed by atoms with Crippen LogP contribution in [0.2, 0.25) is 0 Å². The van der Waals surface area contributed by atoms with Crippen LogP contribution in [0.1, 0.15) is 17.7 Å². The Balaban J connectivity index is 1.30. The van der Waals surface area contributed by atoms with Gasteiger partial charge in [0.25, 0.3) is 0 Å². The minimum absolute atomic E-state index is 0.121. The van der Waals surface area contributed by atoms with Gasteiger partial charge in [0, 0.05) is 46.1 Å². The third-order valence-corrected chi connectivity index (χ3v) is 6.57. The molecule has 3 N–H and O–H groups in total. The van der Waals surface area contributed by atoms with Crippen LogP contribution in [0.3, 0.4) is 0 Å². The summed E-state index contributed by atoms with van der Waals surface area (Å²) in [4.78, 5) is 20.7. The number of hydrogen-bond acceptors (Lipinski definition) is 5. The van der Waals surface area contributed by atoms with Crippen molar-refractivity contribution in [3.05, 3.63) is 69.9 Å². The Morgan fingerprint density at radius 2 is 2.03 bits per heavy atom. The second-order valence-corrected chi connectivity index (χ2v) is 9.12.